The van der Waals surface area contributed by atoms with Crippen LogP contribution in [-0.2, 0) is 22.6 Å². The van der Waals surface area contributed by atoms with Crippen LogP contribution in [0.5, 0.6) is 11.5 Å². The summed E-state index contributed by atoms with van der Waals surface area (Å²) < 4.78 is 23.7. The summed E-state index contributed by atoms with van der Waals surface area (Å²) in [5.74, 6) is 0.132. The summed E-state index contributed by atoms with van der Waals surface area (Å²) in [6, 6.07) is 12.0. The van der Waals surface area contributed by atoms with E-state index in [9.17, 15) is 14.0 Å². The summed E-state index contributed by atoms with van der Waals surface area (Å²) >= 11 is 0. The van der Waals surface area contributed by atoms with Gasteiger partial charge in [-0.3, -0.25) is 14.5 Å². The van der Waals surface area contributed by atoms with Crippen molar-refractivity contribution in [1.29, 1.82) is 0 Å². The molecule has 7 nitrogen and oxygen atoms in total. The SMILES string of the molecule is O=C(NCCc1ccc(F)cc1)C(=O)N1CCN(Cc2ccc3c(c2)OCO3)CC1. The number of fused-ring (bicyclic) bond motifs is 1. The Kier molecular flexibility index (Phi) is 6.13. The number of piperazine rings is 1. The van der Waals surface area contributed by atoms with Gasteiger partial charge in [0.1, 0.15) is 5.82 Å². The van der Waals surface area contributed by atoms with E-state index in [1.807, 2.05) is 18.2 Å². The van der Waals surface area contributed by atoms with E-state index >= 15 is 0 Å². The zero-order chi connectivity index (χ0) is 20.9. The van der Waals surface area contributed by atoms with Crippen molar-refractivity contribution in [3.05, 3.63) is 59.4 Å². The molecule has 2 aliphatic heterocycles. The van der Waals surface area contributed by atoms with Gasteiger partial charge in [-0.2, -0.15) is 0 Å². The van der Waals surface area contributed by atoms with Crippen LogP contribution in [0, 0.1) is 5.82 Å². The molecule has 2 heterocycles. The van der Waals surface area contributed by atoms with Crippen LogP contribution in [0.25, 0.3) is 0 Å². The summed E-state index contributed by atoms with van der Waals surface area (Å²) in [6.07, 6.45) is 0.544. The quantitative estimate of drug-likeness (QED) is 0.754. The van der Waals surface area contributed by atoms with E-state index in [1.54, 1.807) is 17.0 Å². The molecule has 2 aromatic carbocycles. The molecule has 1 saturated heterocycles. The molecule has 2 aliphatic rings. The third kappa shape index (κ3) is 4.88. The highest BCUT2D eigenvalue weighted by Gasteiger charge is 2.26. The zero-order valence-corrected chi connectivity index (χ0v) is 16.6. The first kappa shape index (κ1) is 20.2. The molecule has 0 spiro atoms. The Morgan fingerprint density at radius 1 is 0.933 bits per heavy atom. The lowest BCUT2D eigenvalue weighted by atomic mass is 10.1. The van der Waals surface area contributed by atoms with Gasteiger partial charge in [-0.15, -0.1) is 0 Å². The van der Waals surface area contributed by atoms with Gasteiger partial charge in [-0.1, -0.05) is 18.2 Å². The second-order valence-corrected chi connectivity index (χ2v) is 7.39. The van der Waals surface area contributed by atoms with E-state index in [-0.39, 0.29) is 12.6 Å². The lowest BCUT2D eigenvalue weighted by Crippen LogP contribution is -2.52. The minimum Gasteiger partial charge on any atom is -0.454 e. The summed E-state index contributed by atoms with van der Waals surface area (Å²) in [5.41, 5.74) is 2.03. The molecule has 0 unspecified atom stereocenters. The molecule has 0 saturated carbocycles. The fourth-order valence-corrected chi connectivity index (χ4v) is 3.60. The van der Waals surface area contributed by atoms with Gasteiger partial charge in [0.15, 0.2) is 11.5 Å². The van der Waals surface area contributed by atoms with E-state index in [1.165, 1.54) is 12.1 Å². The lowest BCUT2D eigenvalue weighted by molar-refractivity contribution is -0.147. The molecule has 0 radical (unpaired) electrons. The number of halogens is 1. The normalized spacial score (nSPS) is 15.8. The molecule has 1 N–H and O–H groups in total. The summed E-state index contributed by atoms with van der Waals surface area (Å²) in [7, 11) is 0. The molecule has 0 aromatic heterocycles. The Labute approximate surface area is 174 Å². The van der Waals surface area contributed by atoms with Gasteiger partial charge < -0.3 is 19.7 Å². The van der Waals surface area contributed by atoms with Crippen LogP contribution in [-0.4, -0.2) is 61.1 Å². The van der Waals surface area contributed by atoms with Gasteiger partial charge in [0, 0.05) is 39.3 Å². The fraction of sp³-hybridized carbons (Fsp3) is 0.364. The minimum atomic E-state index is -0.596. The van der Waals surface area contributed by atoms with Gasteiger partial charge >= 0.3 is 11.8 Å². The smallest absolute Gasteiger partial charge is 0.311 e. The number of nitrogens with one attached hydrogen (secondary N) is 1. The number of nitrogens with zero attached hydrogens (tertiary/aromatic N) is 2. The Balaban J connectivity index is 1.20. The number of carbonyl (C=O) groups is 2. The number of ether oxygens (including phenoxy) is 2. The first-order valence-corrected chi connectivity index (χ1v) is 10.0. The number of rotatable bonds is 5. The third-order valence-electron chi connectivity index (χ3n) is 5.31. The highest BCUT2D eigenvalue weighted by Crippen LogP contribution is 2.32. The van der Waals surface area contributed by atoms with Crippen molar-refractivity contribution >= 4 is 11.8 Å². The molecule has 1 fully saturated rings. The number of benzene rings is 2. The highest BCUT2D eigenvalue weighted by atomic mass is 19.1. The highest BCUT2D eigenvalue weighted by molar-refractivity contribution is 6.35. The van der Waals surface area contributed by atoms with Crippen molar-refractivity contribution in [2.45, 2.75) is 13.0 Å². The van der Waals surface area contributed by atoms with Crippen molar-refractivity contribution in [2.75, 3.05) is 39.5 Å². The van der Waals surface area contributed by atoms with E-state index in [4.69, 9.17) is 9.47 Å². The van der Waals surface area contributed by atoms with E-state index in [2.05, 4.69) is 10.2 Å². The topological polar surface area (TPSA) is 71.1 Å². The molecular weight excluding hydrogens is 389 g/mol. The number of amides is 2. The number of hydrogen-bond donors (Lipinski definition) is 1. The molecule has 8 heteroatoms. The van der Waals surface area contributed by atoms with Gasteiger partial charge in [-0.25, -0.2) is 4.39 Å². The third-order valence-corrected chi connectivity index (χ3v) is 5.31. The molecule has 2 amide bonds. The van der Waals surface area contributed by atoms with Crippen molar-refractivity contribution in [3.8, 4) is 11.5 Å². The fourth-order valence-electron chi connectivity index (χ4n) is 3.60. The second kappa shape index (κ2) is 9.13. The first-order valence-electron chi connectivity index (χ1n) is 10.0. The average Bonchev–Trinajstić information content (AvgIpc) is 3.23. The van der Waals surface area contributed by atoms with Crippen molar-refractivity contribution in [1.82, 2.24) is 15.1 Å². The maximum Gasteiger partial charge on any atom is 0.311 e. The summed E-state index contributed by atoms with van der Waals surface area (Å²) in [6.45, 7) is 3.75. The van der Waals surface area contributed by atoms with Gasteiger partial charge in [0.2, 0.25) is 6.79 Å². The zero-order valence-electron chi connectivity index (χ0n) is 16.6. The molecule has 4 rings (SSSR count). The summed E-state index contributed by atoms with van der Waals surface area (Å²) in [5, 5.41) is 2.65. The van der Waals surface area contributed by atoms with Crippen LogP contribution in [0.15, 0.2) is 42.5 Å². The molecular formula is C22H24FN3O4. The van der Waals surface area contributed by atoms with Crippen LogP contribution in [0.1, 0.15) is 11.1 Å². The van der Waals surface area contributed by atoms with Crippen molar-refractivity contribution in [2.24, 2.45) is 0 Å². The largest absolute Gasteiger partial charge is 0.454 e. The van der Waals surface area contributed by atoms with Crippen LogP contribution in [0.2, 0.25) is 0 Å². The van der Waals surface area contributed by atoms with Crippen molar-refractivity contribution < 1.29 is 23.5 Å². The predicted octanol–water partition coefficient (Wildman–Crippen LogP) is 1.56. The molecule has 0 bridgehead atoms. The molecule has 0 aliphatic carbocycles. The van der Waals surface area contributed by atoms with Crippen LogP contribution < -0.4 is 14.8 Å². The van der Waals surface area contributed by atoms with Crippen LogP contribution in [0.4, 0.5) is 4.39 Å². The lowest BCUT2D eigenvalue weighted by Gasteiger charge is -2.34. The van der Waals surface area contributed by atoms with E-state index in [0.717, 1.165) is 29.2 Å². The first-order chi connectivity index (χ1) is 14.6. The second-order valence-electron chi connectivity index (χ2n) is 7.39. The Hall–Kier alpha value is -3.13. The number of carbonyl (C=O) groups excluding carboxylic acids is 2. The predicted molar refractivity (Wildman–Crippen MR) is 108 cm³/mol. The minimum absolute atomic E-state index is 0.255. The van der Waals surface area contributed by atoms with Gasteiger partial charge in [0.25, 0.3) is 0 Å². The Bertz CT molecular complexity index is 911. The maximum absolute atomic E-state index is 12.9. The molecule has 0 atom stereocenters. The van der Waals surface area contributed by atoms with E-state index in [0.29, 0.717) is 39.1 Å². The van der Waals surface area contributed by atoms with Crippen LogP contribution in [0.3, 0.4) is 0 Å². The summed E-state index contributed by atoms with van der Waals surface area (Å²) in [4.78, 5) is 28.4. The monoisotopic (exact) mass is 413 g/mol. The Morgan fingerprint density at radius 3 is 2.40 bits per heavy atom. The van der Waals surface area contributed by atoms with Crippen molar-refractivity contribution in [3.63, 3.8) is 0 Å². The van der Waals surface area contributed by atoms with Gasteiger partial charge in [-0.05, 0) is 41.8 Å². The molecule has 158 valence electrons. The average molecular weight is 413 g/mol. The van der Waals surface area contributed by atoms with Gasteiger partial charge in [0.05, 0.1) is 0 Å². The molecule has 30 heavy (non-hydrogen) atoms. The standard InChI is InChI=1S/C22H24FN3O4/c23-18-4-1-16(2-5-18)7-8-24-21(27)22(28)26-11-9-25(10-12-26)14-17-3-6-19-20(13-17)30-15-29-19/h1-6,13H,7-12,14-15H2,(H,24,27). The Morgan fingerprint density at radius 2 is 1.63 bits per heavy atom. The van der Waals surface area contributed by atoms with E-state index < -0.39 is 11.8 Å². The van der Waals surface area contributed by atoms with Crippen LogP contribution >= 0.6 is 0 Å². The maximum atomic E-state index is 12.9. The molecule has 2 aromatic rings. The number of hydrogen-bond acceptors (Lipinski definition) is 5.